The fraction of sp³-hybridized carbons (Fsp3) is 0.923. The van der Waals surface area contributed by atoms with Crippen molar-refractivity contribution < 1.29 is 37.1 Å². The second-order valence-corrected chi connectivity index (χ2v) is 5.70. The molecule has 0 aromatic rings. The van der Waals surface area contributed by atoms with Gasteiger partial charge in [-0.2, -0.15) is 27.0 Å². The minimum atomic E-state index is -5.43. The van der Waals surface area contributed by atoms with Crippen LogP contribution in [-0.4, -0.2) is 70.6 Å². The van der Waals surface area contributed by atoms with E-state index in [4.69, 9.17) is 10.3 Å². The van der Waals surface area contributed by atoms with Gasteiger partial charge in [0, 0.05) is 6.54 Å². The molecule has 2 saturated heterocycles. The maximum atomic E-state index is 12.5. The van der Waals surface area contributed by atoms with E-state index in [0.29, 0.717) is 38.9 Å². The molecule has 5 nitrogen and oxygen atoms in total. The van der Waals surface area contributed by atoms with Crippen LogP contribution in [0.3, 0.4) is 0 Å². The van der Waals surface area contributed by atoms with Crippen LogP contribution in [0, 0.1) is 0 Å². The van der Waals surface area contributed by atoms with Gasteiger partial charge in [0.2, 0.25) is 0 Å². The molecule has 0 bridgehead atoms. The Morgan fingerprint density at radius 2 is 1.57 bits per heavy atom. The molecule has 0 amide bonds. The Morgan fingerprint density at radius 1 is 1.00 bits per heavy atom. The number of likely N-dealkylation sites (tertiary alicyclic amines) is 1. The highest BCUT2D eigenvalue weighted by Gasteiger charge is 2.57. The number of carboxylic acids is 1. The molecule has 1 atom stereocenters. The Balaban J connectivity index is 0.000000253. The van der Waals surface area contributed by atoms with E-state index in [2.05, 4.69) is 0 Å². The molecule has 0 radical (unpaired) electrons. The normalized spacial score (nSPS) is 24.2. The highest BCUT2D eigenvalue weighted by molar-refractivity contribution is 5.73. The lowest BCUT2D eigenvalue weighted by Crippen LogP contribution is -2.48. The fourth-order valence-corrected chi connectivity index (χ4v) is 2.49. The Kier molecular flexibility index (Phi) is 7.15. The lowest BCUT2D eigenvalue weighted by atomic mass is 10.1. The van der Waals surface area contributed by atoms with E-state index in [1.165, 1.54) is 4.90 Å². The van der Waals surface area contributed by atoms with Crippen molar-refractivity contribution in [2.24, 2.45) is 0 Å². The summed E-state index contributed by atoms with van der Waals surface area (Å²) in [6, 6.07) is -0.662. The van der Waals surface area contributed by atoms with Crippen LogP contribution in [0.2, 0.25) is 0 Å². The molecule has 2 aliphatic rings. The first-order valence-electron chi connectivity index (χ1n) is 7.40. The first-order valence-corrected chi connectivity index (χ1v) is 7.40. The lowest BCUT2D eigenvalue weighted by molar-refractivity contribution is -0.287. The Hall–Kier alpha value is -1.00. The van der Waals surface area contributed by atoms with Gasteiger partial charge in [0.05, 0.1) is 6.54 Å². The summed E-state index contributed by atoms with van der Waals surface area (Å²) in [5.74, 6) is -5.51. The summed E-state index contributed by atoms with van der Waals surface area (Å²) >= 11 is 0. The van der Waals surface area contributed by atoms with Gasteiger partial charge in [0.15, 0.2) is 0 Å². The fourth-order valence-electron chi connectivity index (χ4n) is 2.49. The van der Waals surface area contributed by atoms with E-state index in [-0.39, 0.29) is 0 Å². The second-order valence-electron chi connectivity index (χ2n) is 5.70. The van der Waals surface area contributed by atoms with Crippen molar-refractivity contribution in [1.82, 2.24) is 9.96 Å². The molecule has 2 rings (SSSR count). The van der Waals surface area contributed by atoms with Crippen LogP contribution in [0.4, 0.5) is 22.0 Å². The standard InChI is InChI=1S/C8H12F5N.C5H9NO3/c9-7(10,8(11,12)13)6-14-4-2-1-3-5-14;7-5(8)4-2-1-3-6(4)9/h1-6H2;4,9H,1-3H2,(H,7,8). The van der Waals surface area contributed by atoms with Crippen LogP contribution in [0.15, 0.2) is 0 Å². The van der Waals surface area contributed by atoms with Gasteiger partial charge in [-0.25, -0.2) is 0 Å². The maximum Gasteiger partial charge on any atom is 0.454 e. The number of nitrogens with zero attached hydrogens (tertiary/aromatic N) is 2. The Labute approximate surface area is 130 Å². The van der Waals surface area contributed by atoms with E-state index >= 15 is 0 Å². The number of piperidine rings is 1. The van der Waals surface area contributed by atoms with E-state index in [1.54, 1.807) is 0 Å². The maximum absolute atomic E-state index is 12.5. The zero-order valence-electron chi connectivity index (χ0n) is 12.5. The number of hydroxylamine groups is 2. The highest BCUT2D eigenvalue weighted by Crippen LogP contribution is 2.36. The average molecular weight is 348 g/mol. The Morgan fingerprint density at radius 3 is 1.91 bits per heavy atom. The molecular formula is C13H21F5N2O3. The van der Waals surface area contributed by atoms with E-state index < -0.39 is 30.7 Å². The summed E-state index contributed by atoms with van der Waals surface area (Å²) in [5, 5.41) is 18.1. The summed E-state index contributed by atoms with van der Waals surface area (Å²) in [6.07, 6.45) is -1.78. The van der Waals surface area contributed by atoms with Crippen molar-refractivity contribution in [2.45, 2.75) is 50.2 Å². The minimum absolute atomic E-state index is 0.339. The van der Waals surface area contributed by atoms with Crippen LogP contribution < -0.4 is 0 Å². The molecule has 0 aromatic heterocycles. The summed E-state index contributed by atoms with van der Waals surface area (Å²) in [4.78, 5) is 11.4. The van der Waals surface area contributed by atoms with Crippen LogP contribution >= 0.6 is 0 Å². The number of hydrogen-bond acceptors (Lipinski definition) is 4. The van der Waals surface area contributed by atoms with E-state index in [9.17, 15) is 26.7 Å². The number of rotatable bonds is 3. The van der Waals surface area contributed by atoms with Crippen molar-refractivity contribution in [3.8, 4) is 0 Å². The third kappa shape index (κ3) is 6.19. The Bertz CT molecular complexity index is 386. The van der Waals surface area contributed by atoms with E-state index in [1.807, 2.05) is 0 Å². The number of carbonyl (C=O) groups is 1. The van der Waals surface area contributed by atoms with Gasteiger partial charge in [-0.15, -0.1) is 0 Å². The topological polar surface area (TPSA) is 64.0 Å². The SMILES string of the molecule is FC(F)(F)C(F)(F)CN1CCCCC1.O=C(O)C1CCCN1O. The van der Waals surface area contributed by atoms with Crippen molar-refractivity contribution in [3.05, 3.63) is 0 Å². The third-order valence-electron chi connectivity index (χ3n) is 3.80. The van der Waals surface area contributed by atoms with Gasteiger partial charge in [-0.05, 0) is 38.8 Å². The molecule has 1 unspecified atom stereocenters. The zero-order chi connectivity index (χ0) is 17.7. The lowest BCUT2D eigenvalue weighted by Gasteiger charge is -2.30. The van der Waals surface area contributed by atoms with Gasteiger partial charge in [-0.3, -0.25) is 9.69 Å². The average Bonchev–Trinajstić information content (AvgIpc) is 2.85. The zero-order valence-corrected chi connectivity index (χ0v) is 12.5. The van der Waals surface area contributed by atoms with Crippen molar-refractivity contribution in [2.75, 3.05) is 26.2 Å². The van der Waals surface area contributed by atoms with Crippen LogP contribution in [0.25, 0.3) is 0 Å². The molecule has 136 valence electrons. The molecule has 2 aliphatic heterocycles. The van der Waals surface area contributed by atoms with Crippen LogP contribution in [0.5, 0.6) is 0 Å². The monoisotopic (exact) mass is 348 g/mol. The smallest absolute Gasteiger partial charge is 0.454 e. The van der Waals surface area contributed by atoms with Crippen molar-refractivity contribution in [3.63, 3.8) is 0 Å². The highest BCUT2D eigenvalue weighted by atomic mass is 19.4. The van der Waals surface area contributed by atoms with Gasteiger partial charge < -0.3 is 10.3 Å². The summed E-state index contributed by atoms with van der Waals surface area (Å²) in [5.41, 5.74) is 0. The summed E-state index contributed by atoms with van der Waals surface area (Å²) in [7, 11) is 0. The molecule has 23 heavy (non-hydrogen) atoms. The summed E-state index contributed by atoms with van der Waals surface area (Å²) < 4.78 is 60.5. The number of hydrogen-bond donors (Lipinski definition) is 2. The predicted octanol–water partition coefficient (Wildman–Crippen LogP) is 2.59. The summed E-state index contributed by atoms with van der Waals surface area (Å²) in [6.45, 7) is -0.0369. The third-order valence-corrected chi connectivity index (χ3v) is 3.80. The van der Waals surface area contributed by atoms with Crippen molar-refractivity contribution >= 4 is 5.97 Å². The van der Waals surface area contributed by atoms with Crippen LogP contribution in [0.1, 0.15) is 32.1 Å². The quantitative estimate of drug-likeness (QED) is 0.768. The first kappa shape index (κ1) is 20.0. The van der Waals surface area contributed by atoms with Crippen LogP contribution in [-0.2, 0) is 4.79 Å². The number of aliphatic carboxylic acids is 1. The minimum Gasteiger partial charge on any atom is -0.480 e. The molecule has 0 aromatic carbocycles. The molecule has 10 heteroatoms. The van der Waals surface area contributed by atoms with E-state index in [0.717, 1.165) is 17.9 Å². The number of carboxylic acid groups (broad SMARTS) is 1. The molecule has 0 aliphatic carbocycles. The largest absolute Gasteiger partial charge is 0.480 e. The molecule has 0 saturated carbocycles. The molecule has 2 N–H and O–H groups in total. The molecule has 0 spiro atoms. The van der Waals surface area contributed by atoms with Crippen molar-refractivity contribution in [1.29, 1.82) is 0 Å². The first-order chi connectivity index (χ1) is 10.5. The van der Waals surface area contributed by atoms with Gasteiger partial charge in [0.25, 0.3) is 0 Å². The molecule has 2 fully saturated rings. The molecular weight excluding hydrogens is 327 g/mol. The number of alkyl halides is 5. The number of halogens is 5. The predicted molar refractivity (Wildman–Crippen MR) is 70.4 cm³/mol. The van der Waals surface area contributed by atoms with Gasteiger partial charge in [0.1, 0.15) is 6.04 Å². The second kappa shape index (κ2) is 8.20. The van der Waals surface area contributed by atoms with Gasteiger partial charge in [-0.1, -0.05) is 6.42 Å². The van der Waals surface area contributed by atoms with Gasteiger partial charge >= 0.3 is 18.1 Å². The molecule has 2 heterocycles.